The van der Waals surface area contributed by atoms with Crippen LogP contribution >= 0.6 is 0 Å². The molecule has 3 N–H and O–H groups in total. The minimum atomic E-state index is -0.525. The van der Waals surface area contributed by atoms with Crippen molar-refractivity contribution >= 4 is 17.5 Å². The third-order valence-electron chi connectivity index (χ3n) is 3.91. The largest absolute Gasteiger partial charge is 0.399 e. The number of anilines is 1. The summed E-state index contributed by atoms with van der Waals surface area (Å²) < 4.78 is 14.1. The average molecular weight is 293 g/mol. The molecule has 1 aromatic carbocycles. The van der Waals surface area contributed by atoms with Crippen LogP contribution in [0, 0.1) is 18.7 Å². The van der Waals surface area contributed by atoms with E-state index in [2.05, 4.69) is 5.32 Å². The van der Waals surface area contributed by atoms with E-state index in [0.717, 1.165) is 0 Å². The van der Waals surface area contributed by atoms with Crippen LogP contribution < -0.4 is 11.1 Å². The second-order valence-corrected chi connectivity index (χ2v) is 5.38. The van der Waals surface area contributed by atoms with Gasteiger partial charge in [-0.2, -0.15) is 0 Å². The Kier molecular flexibility index (Phi) is 4.45. The van der Waals surface area contributed by atoms with Gasteiger partial charge in [0.1, 0.15) is 5.82 Å². The Morgan fingerprint density at radius 1 is 1.33 bits per heavy atom. The van der Waals surface area contributed by atoms with Crippen molar-refractivity contribution in [3.63, 3.8) is 0 Å². The maximum absolute atomic E-state index is 14.1. The number of nitrogen functional groups attached to an aromatic ring is 1. The monoisotopic (exact) mass is 293 g/mol. The highest BCUT2D eigenvalue weighted by Crippen LogP contribution is 2.23. The summed E-state index contributed by atoms with van der Waals surface area (Å²) in [4.78, 5) is 25.5. The van der Waals surface area contributed by atoms with Crippen LogP contribution in [0.5, 0.6) is 0 Å². The third kappa shape index (κ3) is 3.15. The van der Waals surface area contributed by atoms with Gasteiger partial charge >= 0.3 is 0 Å². The van der Waals surface area contributed by atoms with E-state index in [1.807, 2.05) is 0 Å². The fourth-order valence-electron chi connectivity index (χ4n) is 2.67. The molecule has 114 valence electrons. The van der Waals surface area contributed by atoms with E-state index in [1.165, 1.54) is 12.1 Å². The first-order valence-electron chi connectivity index (χ1n) is 7.00. The number of aryl methyl sites for hydroxylation is 1. The third-order valence-corrected chi connectivity index (χ3v) is 3.91. The average Bonchev–Trinajstić information content (AvgIpc) is 2.49. The highest BCUT2D eigenvalue weighted by Gasteiger charge is 2.28. The van der Waals surface area contributed by atoms with Crippen LogP contribution in [0.15, 0.2) is 12.1 Å². The first kappa shape index (κ1) is 15.3. The lowest BCUT2D eigenvalue weighted by Crippen LogP contribution is -2.42. The number of carbonyl (C=O) groups excluding carboxylic acids is 2. The van der Waals surface area contributed by atoms with Gasteiger partial charge in [0.05, 0.1) is 5.56 Å². The number of piperidine rings is 1. The number of nitrogens with two attached hydrogens (primary N) is 1. The van der Waals surface area contributed by atoms with Gasteiger partial charge in [-0.05, 0) is 37.5 Å². The summed E-state index contributed by atoms with van der Waals surface area (Å²) in [5.41, 5.74) is 6.42. The molecule has 0 unspecified atom stereocenters. The molecule has 6 heteroatoms. The van der Waals surface area contributed by atoms with Crippen molar-refractivity contribution in [1.29, 1.82) is 0 Å². The van der Waals surface area contributed by atoms with E-state index < -0.39 is 5.82 Å². The standard InChI is InChI=1S/C15H20FN3O2/c1-9-7-11(17)8-12(13(9)16)15(21)19-5-3-10(4-6-19)14(20)18-2/h7-8,10H,3-6,17H2,1-2H3,(H,18,20). The Balaban J connectivity index is 2.11. The molecule has 21 heavy (non-hydrogen) atoms. The van der Waals surface area contributed by atoms with Crippen molar-refractivity contribution in [1.82, 2.24) is 10.2 Å². The van der Waals surface area contributed by atoms with Crippen molar-refractivity contribution in [3.8, 4) is 0 Å². The molecule has 5 nitrogen and oxygen atoms in total. The first-order chi connectivity index (χ1) is 9.93. The van der Waals surface area contributed by atoms with E-state index in [0.29, 0.717) is 37.2 Å². The lowest BCUT2D eigenvalue weighted by Gasteiger charge is -2.31. The zero-order chi connectivity index (χ0) is 15.6. The molecule has 1 aliphatic heterocycles. The van der Waals surface area contributed by atoms with E-state index in [4.69, 9.17) is 5.73 Å². The van der Waals surface area contributed by atoms with Crippen molar-refractivity contribution in [2.24, 2.45) is 5.92 Å². The van der Waals surface area contributed by atoms with Gasteiger partial charge in [0.2, 0.25) is 5.91 Å². The Hall–Kier alpha value is -2.11. The van der Waals surface area contributed by atoms with Crippen molar-refractivity contribution in [3.05, 3.63) is 29.1 Å². The molecule has 0 aliphatic carbocycles. The van der Waals surface area contributed by atoms with Crippen LogP contribution in [0.2, 0.25) is 0 Å². The SMILES string of the molecule is CNC(=O)C1CCN(C(=O)c2cc(N)cc(C)c2F)CC1. The van der Waals surface area contributed by atoms with Crippen LogP contribution in [0.1, 0.15) is 28.8 Å². The molecule has 1 aliphatic rings. The molecule has 0 spiro atoms. The fraction of sp³-hybridized carbons (Fsp3) is 0.467. The number of nitrogens with one attached hydrogen (secondary N) is 1. The number of carbonyl (C=O) groups is 2. The molecule has 0 aromatic heterocycles. The van der Waals surface area contributed by atoms with E-state index >= 15 is 0 Å². The molecule has 1 heterocycles. The quantitative estimate of drug-likeness (QED) is 0.807. The van der Waals surface area contributed by atoms with Gasteiger partial charge in [-0.1, -0.05) is 0 Å². The second-order valence-electron chi connectivity index (χ2n) is 5.38. The van der Waals surface area contributed by atoms with Gasteiger partial charge in [-0.25, -0.2) is 4.39 Å². The summed E-state index contributed by atoms with van der Waals surface area (Å²) in [7, 11) is 1.60. The first-order valence-corrected chi connectivity index (χ1v) is 7.00. The van der Waals surface area contributed by atoms with Crippen LogP contribution in [-0.4, -0.2) is 36.9 Å². The zero-order valence-corrected chi connectivity index (χ0v) is 12.3. The molecular weight excluding hydrogens is 273 g/mol. The topological polar surface area (TPSA) is 75.4 Å². The summed E-state index contributed by atoms with van der Waals surface area (Å²) in [6, 6.07) is 2.87. The number of likely N-dealkylation sites (tertiary alicyclic amines) is 1. The van der Waals surface area contributed by atoms with E-state index in [-0.39, 0.29) is 23.3 Å². The smallest absolute Gasteiger partial charge is 0.256 e. The van der Waals surface area contributed by atoms with E-state index in [1.54, 1.807) is 18.9 Å². The van der Waals surface area contributed by atoms with Crippen LogP contribution in [-0.2, 0) is 4.79 Å². The molecule has 1 fully saturated rings. The lowest BCUT2D eigenvalue weighted by molar-refractivity contribution is -0.125. The van der Waals surface area contributed by atoms with Crippen molar-refractivity contribution < 1.29 is 14.0 Å². The predicted octanol–water partition coefficient (Wildman–Crippen LogP) is 1.31. The minimum absolute atomic E-state index is 0.00546. The number of benzene rings is 1. The Morgan fingerprint density at radius 3 is 2.52 bits per heavy atom. The van der Waals surface area contributed by atoms with Crippen LogP contribution in [0.3, 0.4) is 0 Å². The van der Waals surface area contributed by atoms with Crippen molar-refractivity contribution in [2.45, 2.75) is 19.8 Å². The number of hydrogen-bond donors (Lipinski definition) is 2. The molecule has 1 aromatic rings. The normalized spacial score (nSPS) is 15.9. The van der Waals surface area contributed by atoms with Gasteiger partial charge in [0.15, 0.2) is 0 Å². The van der Waals surface area contributed by atoms with Crippen molar-refractivity contribution in [2.75, 3.05) is 25.9 Å². The van der Waals surface area contributed by atoms with Gasteiger partial charge in [-0.15, -0.1) is 0 Å². The summed E-state index contributed by atoms with van der Waals surface area (Å²) in [6.07, 6.45) is 1.18. The molecule has 2 rings (SSSR count). The summed E-state index contributed by atoms with van der Waals surface area (Å²) in [6.45, 7) is 2.48. The lowest BCUT2D eigenvalue weighted by atomic mass is 9.95. The predicted molar refractivity (Wildman–Crippen MR) is 78.2 cm³/mol. The van der Waals surface area contributed by atoms with E-state index in [9.17, 15) is 14.0 Å². The summed E-state index contributed by atoms with van der Waals surface area (Å²) in [5.74, 6) is -0.972. The molecule has 0 radical (unpaired) electrons. The van der Waals surface area contributed by atoms with Gasteiger partial charge in [0, 0.05) is 31.7 Å². The maximum atomic E-state index is 14.1. The Bertz CT molecular complexity index is 566. The summed E-state index contributed by atoms with van der Waals surface area (Å²) >= 11 is 0. The number of hydrogen-bond acceptors (Lipinski definition) is 3. The van der Waals surface area contributed by atoms with Crippen LogP contribution in [0.25, 0.3) is 0 Å². The number of amides is 2. The fourth-order valence-corrected chi connectivity index (χ4v) is 2.67. The number of halogens is 1. The highest BCUT2D eigenvalue weighted by atomic mass is 19.1. The summed E-state index contributed by atoms with van der Waals surface area (Å²) in [5, 5.41) is 2.62. The van der Waals surface area contributed by atoms with Gasteiger partial charge in [-0.3, -0.25) is 9.59 Å². The number of nitrogens with zero attached hydrogens (tertiary/aromatic N) is 1. The second kappa shape index (κ2) is 6.11. The maximum Gasteiger partial charge on any atom is 0.256 e. The minimum Gasteiger partial charge on any atom is -0.399 e. The molecule has 0 saturated carbocycles. The van der Waals surface area contributed by atoms with Gasteiger partial charge < -0.3 is 16.0 Å². The molecule has 0 atom stereocenters. The number of rotatable bonds is 2. The van der Waals surface area contributed by atoms with Gasteiger partial charge in [0.25, 0.3) is 5.91 Å². The Labute approximate surface area is 123 Å². The molecular formula is C15H20FN3O2. The Morgan fingerprint density at radius 2 is 1.95 bits per heavy atom. The highest BCUT2D eigenvalue weighted by molar-refractivity contribution is 5.95. The molecule has 1 saturated heterocycles. The van der Waals surface area contributed by atoms with Crippen LogP contribution in [0.4, 0.5) is 10.1 Å². The zero-order valence-electron chi connectivity index (χ0n) is 12.3. The molecule has 0 bridgehead atoms. The molecule has 2 amide bonds.